The minimum absolute atomic E-state index is 0. The molecule has 0 radical (unpaired) electrons. The standard InChI is InChI=1S/C33H28N4OS.Pt/c1-33(2)28-13-5-6-14-29(28)37(22-35(33)4)25-10-8-12-27(19-25)38-26-11-7-9-24(18-26)36-21-34(3)30-17-23-15-16-39-32(23)20-31(30)36;/h5-17,20-22H,1-4H3;/q-4;+4. The normalized spacial score (nSPS) is 16.1. The summed E-state index contributed by atoms with van der Waals surface area (Å²) in [5.41, 5.74) is 6.46. The molecule has 5 nitrogen and oxygen atoms in total. The molecule has 0 N–H and O–H groups in total. The van der Waals surface area contributed by atoms with Crippen molar-refractivity contribution in [1.29, 1.82) is 0 Å². The summed E-state index contributed by atoms with van der Waals surface area (Å²) in [6, 6.07) is 34.1. The maximum atomic E-state index is 6.32. The molecule has 7 rings (SSSR count). The zero-order valence-electron chi connectivity index (χ0n) is 22.7. The Hall–Kier alpha value is -3.31. The van der Waals surface area contributed by atoms with Crippen molar-refractivity contribution in [3.63, 3.8) is 0 Å². The van der Waals surface area contributed by atoms with Crippen LogP contribution < -0.4 is 19.4 Å². The molecule has 5 aromatic rings. The van der Waals surface area contributed by atoms with Gasteiger partial charge < -0.3 is 24.3 Å². The Kier molecular flexibility index (Phi) is 6.90. The molecule has 0 fully saturated rings. The van der Waals surface area contributed by atoms with Gasteiger partial charge in [-0.05, 0) is 68.5 Å². The second-order valence-corrected chi connectivity index (χ2v) is 11.4. The van der Waals surface area contributed by atoms with E-state index in [2.05, 4.69) is 133 Å². The van der Waals surface area contributed by atoms with Gasteiger partial charge in [-0.1, -0.05) is 18.2 Å². The molecular weight excluding hydrogens is 696 g/mol. The number of fused-ring (bicyclic) bond motifs is 3. The summed E-state index contributed by atoms with van der Waals surface area (Å²) in [7, 11) is 4.18. The summed E-state index contributed by atoms with van der Waals surface area (Å²) < 4.78 is 7.59. The van der Waals surface area contributed by atoms with E-state index < -0.39 is 0 Å². The van der Waals surface area contributed by atoms with E-state index in [0.29, 0.717) is 11.5 Å². The van der Waals surface area contributed by atoms with Crippen LogP contribution in [0.2, 0.25) is 0 Å². The largest absolute Gasteiger partial charge is 4.00 e. The first-order chi connectivity index (χ1) is 18.9. The molecule has 0 atom stereocenters. The van der Waals surface area contributed by atoms with Gasteiger partial charge in [-0.2, -0.15) is 25.5 Å². The van der Waals surface area contributed by atoms with Crippen LogP contribution in [0.25, 0.3) is 10.1 Å². The minimum atomic E-state index is -0.106. The SMILES string of the molecule is CN1[CH-]N(c2[c-]c(Oc3[c-]c(N4[CH-]N(C)C(C)(C)c5ccccc54)ccc3)ccc2)c2cc3sccc3cc21.[Pt+4]. The zero-order chi connectivity index (χ0) is 26.7. The Balaban J connectivity index is 0.00000289. The Morgan fingerprint density at radius 3 is 2.15 bits per heavy atom. The molecule has 3 heterocycles. The summed E-state index contributed by atoms with van der Waals surface area (Å²) in [5, 5.41) is 3.40. The third-order valence-corrected chi connectivity index (χ3v) is 8.60. The Morgan fingerprint density at radius 2 is 1.43 bits per heavy atom. The Labute approximate surface area is 254 Å². The molecule has 0 aliphatic carbocycles. The third kappa shape index (κ3) is 4.49. The molecule has 0 bridgehead atoms. The molecule has 40 heavy (non-hydrogen) atoms. The number of rotatable bonds is 4. The van der Waals surface area contributed by atoms with E-state index >= 15 is 0 Å². The summed E-state index contributed by atoms with van der Waals surface area (Å²) >= 11 is 1.76. The van der Waals surface area contributed by atoms with Crippen molar-refractivity contribution in [3.8, 4) is 11.5 Å². The predicted molar refractivity (Wildman–Crippen MR) is 161 cm³/mol. The molecule has 202 valence electrons. The summed E-state index contributed by atoms with van der Waals surface area (Å²) in [4.78, 5) is 8.72. The first-order valence-corrected chi connectivity index (χ1v) is 13.8. The van der Waals surface area contributed by atoms with Crippen LogP contribution in [0.5, 0.6) is 11.5 Å². The fourth-order valence-electron chi connectivity index (χ4n) is 5.31. The summed E-state index contributed by atoms with van der Waals surface area (Å²) in [6.45, 7) is 8.70. The van der Waals surface area contributed by atoms with E-state index in [0.717, 1.165) is 22.7 Å². The molecular formula is C33H28N4OPtS. The van der Waals surface area contributed by atoms with Gasteiger partial charge in [0.15, 0.2) is 0 Å². The van der Waals surface area contributed by atoms with E-state index in [-0.39, 0.29) is 26.6 Å². The second-order valence-electron chi connectivity index (χ2n) is 10.5. The van der Waals surface area contributed by atoms with Crippen LogP contribution in [0.3, 0.4) is 0 Å². The van der Waals surface area contributed by atoms with Gasteiger partial charge in [-0.25, -0.2) is 0 Å². The third-order valence-electron chi connectivity index (χ3n) is 7.72. The topological polar surface area (TPSA) is 22.2 Å². The van der Waals surface area contributed by atoms with Gasteiger partial charge in [0.25, 0.3) is 0 Å². The molecule has 0 spiro atoms. The van der Waals surface area contributed by atoms with Crippen molar-refractivity contribution in [1.82, 2.24) is 4.90 Å². The summed E-state index contributed by atoms with van der Waals surface area (Å²) in [6.07, 6.45) is 0. The van der Waals surface area contributed by atoms with Gasteiger partial charge in [0.05, 0.1) is 0 Å². The first-order valence-electron chi connectivity index (χ1n) is 13.0. The number of benzene rings is 4. The molecule has 2 aliphatic heterocycles. The van der Waals surface area contributed by atoms with Gasteiger partial charge in [0.2, 0.25) is 0 Å². The average Bonchev–Trinajstić information content (AvgIpc) is 3.54. The number of ether oxygens (including phenoxy) is 1. The number of para-hydroxylation sites is 1. The van der Waals surface area contributed by atoms with E-state index in [1.807, 2.05) is 24.3 Å². The average molecular weight is 724 g/mol. The van der Waals surface area contributed by atoms with Crippen LogP contribution >= 0.6 is 11.3 Å². The quantitative estimate of drug-likeness (QED) is 0.173. The van der Waals surface area contributed by atoms with Crippen LogP contribution in [-0.2, 0) is 26.6 Å². The number of hydrogen-bond acceptors (Lipinski definition) is 6. The maximum absolute atomic E-state index is 6.32. The van der Waals surface area contributed by atoms with E-state index in [1.165, 1.54) is 21.3 Å². The number of hydrogen-bond donors (Lipinski definition) is 0. The fraction of sp³-hybridized carbons (Fsp3) is 0.152. The van der Waals surface area contributed by atoms with Crippen LogP contribution in [0.1, 0.15) is 19.4 Å². The van der Waals surface area contributed by atoms with Gasteiger partial charge in [-0.15, -0.1) is 59.1 Å². The van der Waals surface area contributed by atoms with Gasteiger partial charge in [-0.3, -0.25) is 0 Å². The molecule has 0 saturated heterocycles. The van der Waals surface area contributed by atoms with Crippen LogP contribution in [0.15, 0.2) is 84.2 Å². The number of anilines is 5. The molecule has 2 aliphatic rings. The van der Waals surface area contributed by atoms with Crippen molar-refractivity contribution in [3.05, 3.63) is 115 Å². The van der Waals surface area contributed by atoms with Gasteiger partial charge in [0, 0.05) is 38.8 Å². The van der Waals surface area contributed by atoms with Crippen molar-refractivity contribution >= 4 is 49.9 Å². The van der Waals surface area contributed by atoms with E-state index in [9.17, 15) is 0 Å². The van der Waals surface area contributed by atoms with Crippen molar-refractivity contribution < 1.29 is 25.8 Å². The molecule has 1 aromatic heterocycles. The fourth-order valence-corrected chi connectivity index (χ4v) is 6.11. The van der Waals surface area contributed by atoms with E-state index in [4.69, 9.17) is 4.74 Å². The van der Waals surface area contributed by atoms with Gasteiger partial charge >= 0.3 is 21.1 Å². The molecule has 0 unspecified atom stereocenters. The molecule has 4 aromatic carbocycles. The molecule has 0 saturated carbocycles. The van der Waals surface area contributed by atoms with Crippen molar-refractivity contribution in [2.75, 3.05) is 28.8 Å². The van der Waals surface area contributed by atoms with Crippen LogP contribution in [-0.4, -0.2) is 19.0 Å². The predicted octanol–water partition coefficient (Wildman–Crippen LogP) is 8.44. The van der Waals surface area contributed by atoms with Crippen LogP contribution in [0, 0.1) is 25.5 Å². The number of nitrogens with zero attached hydrogens (tertiary/aromatic N) is 4. The van der Waals surface area contributed by atoms with Crippen molar-refractivity contribution in [2.45, 2.75) is 19.4 Å². The first kappa shape index (κ1) is 26.9. The minimum Gasteiger partial charge on any atom is -0.509 e. The zero-order valence-corrected chi connectivity index (χ0v) is 25.7. The van der Waals surface area contributed by atoms with Crippen LogP contribution in [0.4, 0.5) is 28.4 Å². The smallest absolute Gasteiger partial charge is 0.509 e. The second kappa shape index (κ2) is 10.3. The summed E-state index contributed by atoms with van der Waals surface area (Å²) in [5.74, 6) is 1.28. The van der Waals surface area contributed by atoms with E-state index in [1.54, 1.807) is 11.3 Å². The maximum Gasteiger partial charge on any atom is 4.00 e. The van der Waals surface area contributed by atoms with Crippen molar-refractivity contribution in [2.24, 2.45) is 0 Å². The Morgan fingerprint density at radius 1 is 0.750 bits per heavy atom. The van der Waals surface area contributed by atoms with Gasteiger partial charge in [0.1, 0.15) is 0 Å². The number of thiophene rings is 1. The monoisotopic (exact) mass is 723 g/mol. The Bertz CT molecular complexity index is 1700. The molecule has 0 amide bonds. The molecule has 7 heteroatoms.